The number of ether oxygens (including phenoxy) is 1. The number of hydrogen-bond donors (Lipinski definition) is 0. The van der Waals surface area contributed by atoms with Crippen molar-refractivity contribution in [2.24, 2.45) is 0 Å². The Kier molecular flexibility index (Phi) is 4.52. The minimum absolute atomic E-state index is 0.0648. The van der Waals surface area contributed by atoms with Crippen LogP contribution in [0.2, 0.25) is 0 Å². The number of nitriles is 1. The molecule has 0 saturated carbocycles. The predicted molar refractivity (Wildman–Crippen MR) is 56.1 cm³/mol. The molecule has 1 atom stereocenters. The molecule has 0 aromatic heterocycles. The van der Waals surface area contributed by atoms with Crippen molar-refractivity contribution in [1.82, 2.24) is 4.90 Å². The van der Waals surface area contributed by atoms with Crippen LogP contribution < -0.4 is 0 Å². The van der Waals surface area contributed by atoms with Crippen LogP contribution in [0.1, 0.15) is 19.3 Å². The summed E-state index contributed by atoms with van der Waals surface area (Å²) in [5, 5.41) is 8.26. The molecule has 1 fully saturated rings. The highest BCUT2D eigenvalue weighted by atomic mass is 16.5. The number of likely N-dealkylation sites (tertiary alicyclic amines) is 1. The van der Waals surface area contributed by atoms with E-state index in [1.165, 1.54) is 4.90 Å². The quantitative estimate of drug-likeness (QED) is 0.505. The molecule has 0 bridgehead atoms. The first-order valence-corrected chi connectivity index (χ1v) is 5.14. The zero-order chi connectivity index (χ0) is 12.0. The first-order valence-electron chi connectivity index (χ1n) is 5.14. The van der Waals surface area contributed by atoms with E-state index >= 15 is 0 Å². The molecule has 0 aromatic rings. The molecule has 1 aliphatic rings. The standard InChI is InChI=1S/C11H14N2O3/c1-2-3-4-10(14)13-7-5-9(13)11(15)16-8-6-12/h2,9H,1,3-5,7-8H2/t9-/m0/s1. The molecule has 0 N–H and O–H groups in total. The first kappa shape index (κ1) is 12.2. The molecule has 1 saturated heterocycles. The highest BCUT2D eigenvalue weighted by Crippen LogP contribution is 2.20. The maximum atomic E-state index is 11.6. The van der Waals surface area contributed by atoms with Gasteiger partial charge in [0.05, 0.1) is 0 Å². The van der Waals surface area contributed by atoms with Gasteiger partial charge in [0.1, 0.15) is 12.1 Å². The number of esters is 1. The fourth-order valence-corrected chi connectivity index (χ4v) is 1.50. The Morgan fingerprint density at radius 2 is 2.38 bits per heavy atom. The van der Waals surface area contributed by atoms with Crippen molar-refractivity contribution in [3.63, 3.8) is 0 Å². The van der Waals surface area contributed by atoms with Crippen LogP contribution in [0.15, 0.2) is 12.7 Å². The zero-order valence-corrected chi connectivity index (χ0v) is 9.02. The molecule has 1 rings (SSSR count). The topological polar surface area (TPSA) is 70.4 Å². The van der Waals surface area contributed by atoms with Crippen molar-refractivity contribution in [1.29, 1.82) is 5.26 Å². The number of allylic oxidation sites excluding steroid dienone is 1. The van der Waals surface area contributed by atoms with Crippen LogP contribution in [0.3, 0.4) is 0 Å². The van der Waals surface area contributed by atoms with E-state index in [1.807, 2.05) is 0 Å². The van der Waals surface area contributed by atoms with E-state index in [-0.39, 0.29) is 12.5 Å². The highest BCUT2D eigenvalue weighted by Gasteiger charge is 2.38. The van der Waals surface area contributed by atoms with E-state index in [4.69, 9.17) is 5.26 Å². The molecule has 0 unspecified atom stereocenters. The van der Waals surface area contributed by atoms with Gasteiger partial charge in [-0.2, -0.15) is 5.26 Å². The summed E-state index contributed by atoms with van der Waals surface area (Å²) in [6.45, 7) is 3.86. The van der Waals surface area contributed by atoms with E-state index in [0.29, 0.717) is 25.8 Å². The second kappa shape index (κ2) is 5.91. The van der Waals surface area contributed by atoms with Crippen molar-refractivity contribution >= 4 is 11.9 Å². The summed E-state index contributed by atoms with van der Waals surface area (Å²) in [6, 6.07) is 1.23. The van der Waals surface area contributed by atoms with Crippen LogP contribution in [0.4, 0.5) is 0 Å². The highest BCUT2D eigenvalue weighted by molar-refractivity contribution is 5.86. The van der Waals surface area contributed by atoms with Crippen molar-refractivity contribution in [3.8, 4) is 6.07 Å². The number of hydrogen-bond acceptors (Lipinski definition) is 4. The average Bonchev–Trinajstić information content (AvgIpc) is 2.21. The molecule has 86 valence electrons. The maximum absolute atomic E-state index is 11.6. The summed E-state index contributed by atoms with van der Waals surface area (Å²) in [5.41, 5.74) is 0. The number of carbonyl (C=O) groups excluding carboxylic acids is 2. The van der Waals surface area contributed by atoms with Gasteiger partial charge in [-0.1, -0.05) is 6.08 Å². The second-order valence-electron chi connectivity index (χ2n) is 3.48. The monoisotopic (exact) mass is 222 g/mol. The minimum Gasteiger partial charge on any atom is -0.449 e. The fraction of sp³-hybridized carbons (Fsp3) is 0.545. The molecule has 0 radical (unpaired) electrons. The Balaban J connectivity index is 2.40. The molecule has 1 heterocycles. The third kappa shape index (κ3) is 2.83. The zero-order valence-electron chi connectivity index (χ0n) is 9.02. The van der Waals surface area contributed by atoms with Gasteiger partial charge in [0.2, 0.25) is 5.91 Å². The molecule has 0 aromatic carbocycles. The summed E-state index contributed by atoms with van der Waals surface area (Å²) < 4.78 is 4.67. The van der Waals surface area contributed by atoms with E-state index in [9.17, 15) is 9.59 Å². The van der Waals surface area contributed by atoms with E-state index in [0.717, 1.165) is 0 Å². The lowest BCUT2D eigenvalue weighted by Crippen LogP contribution is -2.55. The SMILES string of the molecule is C=CCCC(=O)N1CC[C@H]1C(=O)OCC#N. The van der Waals surface area contributed by atoms with Gasteiger partial charge in [0.15, 0.2) is 6.61 Å². The number of carbonyl (C=O) groups is 2. The second-order valence-corrected chi connectivity index (χ2v) is 3.48. The van der Waals surface area contributed by atoms with Gasteiger partial charge in [-0.25, -0.2) is 4.79 Å². The van der Waals surface area contributed by atoms with Crippen molar-refractivity contribution in [3.05, 3.63) is 12.7 Å². The summed E-state index contributed by atoms with van der Waals surface area (Å²) >= 11 is 0. The largest absolute Gasteiger partial charge is 0.449 e. The smallest absolute Gasteiger partial charge is 0.329 e. The number of amides is 1. The Bertz CT molecular complexity index is 333. The Morgan fingerprint density at radius 3 is 2.88 bits per heavy atom. The Hall–Kier alpha value is -1.83. The lowest BCUT2D eigenvalue weighted by Gasteiger charge is -2.38. The van der Waals surface area contributed by atoms with Crippen LogP contribution in [-0.2, 0) is 14.3 Å². The van der Waals surface area contributed by atoms with E-state index in [1.54, 1.807) is 12.1 Å². The predicted octanol–water partition coefficient (Wildman–Crippen LogP) is 0.620. The molecule has 1 aliphatic heterocycles. The molecule has 5 heteroatoms. The third-order valence-electron chi connectivity index (χ3n) is 2.45. The maximum Gasteiger partial charge on any atom is 0.329 e. The Morgan fingerprint density at radius 1 is 1.62 bits per heavy atom. The van der Waals surface area contributed by atoms with Crippen LogP contribution in [0.5, 0.6) is 0 Å². The summed E-state index contributed by atoms with van der Waals surface area (Å²) in [4.78, 5) is 24.5. The summed E-state index contributed by atoms with van der Waals surface area (Å²) in [5.74, 6) is -0.551. The molecule has 0 aliphatic carbocycles. The van der Waals surface area contributed by atoms with Gasteiger partial charge in [0.25, 0.3) is 0 Å². The normalized spacial score (nSPS) is 18.2. The minimum atomic E-state index is -0.495. The lowest BCUT2D eigenvalue weighted by atomic mass is 10.0. The van der Waals surface area contributed by atoms with Crippen LogP contribution >= 0.6 is 0 Å². The summed E-state index contributed by atoms with van der Waals surface area (Å²) in [7, 11) is 0. The molecule has 5 nitrogen and oxygen atoms in total. The van der Waals surface area contributed by atoms with E-state index in [2.05, 4.69) is 11.3 Å². The first-order chi connectivity index (χ1) is 7.70. The van der Waals surface area contributed by atoms with Gasteiger partial charge < -0.3 is 9.64 Å². The van der Waals surface area contributed by atoms with Gasteiger partial charge >= 0.3 is 5.97 Å². The molecule has 16 heavy (non-hydrogen) atoms. The summed E-state index contributed by atoms with van der Waals surface area (Å²) in [6.07, 6.45) is 3.26. The van der Waals surface area contributed by atoms with Crippen LogP contribution in [0, 0.1) is 11.3 Å². The molecule has 1 amide bonds. The number of nitrogens with zero attached hydrogens (tertiary/aromatic N) is 2. The van der Waals surface area contributed by atoms with Crippen molar-refractivity contribution in [2.75, 3.05) is 13.2 Å². The lowest BCUT2D eigenvalue weighted by molar-refractivity contribution is -0.160. The van der Waals surface area contributed by atoms with Gasteiger partial charge in [-0.3, -0.25) is 4.79 Å². The van der Waals surface area contributed by atoms with Gasteiger partial charge in [-0.15, -0.1) is 6.58 Å². The van der Waals surface area contributed by atoms with Gasteiger partial charge in [0, 0.05) is 13.0 Å². The molecular weight excluding hydrogens is 208 g/mol. The fourth-order valence-electron chi connectivity index (χ4n) is 1.50. The van der Waals surface area contributed by atoms with E-state index < -0.39 is 12.0 Å². The van der Waals surface area contributed by atoms with Crippen LogP contribution in [0.25, 0.3) is 0 Å². The van der Waals surface area contributed by atoms with Crippen molar-refractivity contribution in [2.45, 2.75) is 25.3 Å². The third-order valence-corrected chi connectivity index (χ3v) is 2.45. The van der Waals surface area contributed by atoms with Crippen molar-refractivity contribution < 1.29 is 14.3 Å². The molecular formula is C11H14N2O3. The molecule has 0 spiro atoms. The average molecular weight is 222 g/mol. The van der Waals surface area contributed by atoms with Gasteiger partial charge in [-0.05, 0) is 12.8 Å². The van der Waals surface area contributed by atoms with Crippen LogP contribution in [-0.4, -0.2) is 36.0 Å². The number of rotatable bonds is 5. The Labute approximate surface area is 94.3 Å².